The maximum atomic E-state index is 10.8. The molecule has 2 aromatic rings. The fourth-order valence-electron chi connectivity index (χ4n) is 2.15. The summed E-state index contributed by atoms with van der Waals surface area (Å²) in [7, 11) is 4.54. The zero-order valence-corrected chi connectivity index (χ0v) is 13.3. The van der Waals surface area contributed by atoms with Crippen molar-refractivity contribution in [3.05, 3.63) is 46.0 Å². The summed E-state index contributed by atoms with van der Waals surface area (Å²) in [5.41, 5.74) is 0.558. The number of rotatable bonds is 6. The smallest absolute Gasteiger partial charge is 0.272 e. The standard InChI is InChI=1S/C16H17NO6/c1-10-7-11(5-6-13(10)17(18)19)23-12-8-14(20-2)16(22-4)15(9-12)21-3/h5-9H,1-4H3. The predicted octanol–water partition coefficient (Wildman–Crippen LogP) is 3.72. The number of nitro benzene ring substituents is 1. The van der Waals surface area contributed by atoms with E-state index in [-0.39, 0.29) is 5.69 Å². The minimum atomic E-state index is -0.432. The summed E-state index contributed by atoms with van der Waals surface area (Å²) in [4.78, 5) is 10.4. The van der Waals surface area contributed by atoms with Crippen LogP contribution >= 0.6 is 0 Å². The molecule has 0 radical (unpaired) electrons. The first kappa shape index (κ1) is 16.4. The first-order valence-electron chi connectivity index (χ1n) is 6.73. The molecule has 0 heterocycles. The Morgan fingerprint density at radius 3 is 1.96 bits per heavy atom. The van der Waals surface area contributed by atoms with Gasteiger partial charge in [-0.25, -0.2) is 0 Å². The lowest BCUT2D eigenvalue weighted by Gasteiger charge is -2.14. The molecule has 2 aromatic carbocycles. The SMILES string of the molecule is COc1cc(Oc2ccc([N+](=O)[O-])c(C)c2)cc(OC)c1OC. The summed E-state index contributed by atoms with van der Waals surface area (Å²) in [6.07, 6.45) is 0. The van der Waals surface area contributed by atoms with Gasteiger partial charge in [0.2, 0.25) is 5.75 Å². The molecular weight excluding hydrogens is 302 g/mol. The number of methoxy groups -OCH3 is 3. The van der Waals surface area contributed by atoms with E-state index in [1.807, 2.05) is 0 Å². The molecule has 23 heavy (non-hydrogen) atoms. The van der Waals surface area contributed by atoms with Crippen molar-refractivity contribution in [2.24, 2.45) is 0 Å². The van der Waals surface area contributed by atoms with Crippen LogP contribution in [0.2, 0.25) is 0 Å². The fraction of sp³-hybridized carbons (Fsp3) is 0.250. The normalized spacial score (nSPS) is 10.1. The zero-order valence-electron chi connectivity index (χ0n) is 13.3. The van der Waals surface area contributed by atoms with Gasteiger partial charge in [0, 0.05) is 23.8 Å². The van der Waals surface area contributed by atoms with Crippen LogP contribution in [-0.2, 0) is 0 Å². The predicted molar refractivity (Wildman–Crippen MR) is 84.0 cm³/mol. The van der Waals surface area contributed by atoms with Gasteiger partial charge in [0.05, 0.1) is 26.3 Å². The Balaban J connectivity index is 2.36. The molecule has 0 aromatic heterocycles. The maximum Gasteiger partial charge on any atom is 0.272 e. The number of nitrogens with zero attached hydrogens (tertiary/aromatic N) is 1. The minimum Gasteiger partial charge on any atom is -0.493 e. The molecule has 0 spiro atoms. The lowest BCUT2D eigenvalue weighted by atomic mass is 10.2. The molecule has 0 N–H and O–H groups in total. The number of hydrogen-bond donors (Lipinski definition) is 0. The Morgan fingerprint density at radius 1 is 0.913 bits per heavy atom. The van der Waals surface area contributed by atoms with E-state index in [0.717, 1.165) is 0 Å². The highest BCUT2D eigenvalue weighted by atomic mass is 16.6. The first-order chi connectivity index (χ1) is 11.0. The molecular formula is C16H17NO6. The molecule has 0 aliphatic heterocycles. The molecule has 2 rings (SSSR count). The van der Waals surface area contributed by atoms with Crippen LogP contribution in [0.15, 0.2) is 30.3 Å². The number of hydrogen-bond acceptors (Lipinski definition) is 6. The van der Waals surface area contributed by atoms with E-state index in [4.69, 9.17) is 18.9 Å². The van der Waals surface area contributed by atoms with E-state index >= 15 is 0 Å². The Kier molecular flexibility index (Phi) is 4.90. The molecule has 0 bridgehead atoms. The average Bonchev–Trinajstić information content (AvgIpc) is 2.53. The topological polar surface area (TPSA) is 80.1 Å². The van der Waals surface area contributed by atoms with Crippen LogP contribution in [-0.4, -0.2) is 26.3 Å². The fourth-order valence-corrected chi connectivity index (χ4v) is 2.15. The Hall–Kier alpha value is -2.96. The summed E-state index contributed by atoms with van der Waals surface area (Å²) in [6, 6.07) is 7.84. The molecule has 0 atom stereocenters. The Bertz CT molecular complexity index is 704. The van der Waals surface area contributed by atoms with Gasteiger partial charge in [0.25, 0.3) is 5.69 Å². The summed E-state index contributed by atoms with van der Waals surface area (Å²) < 4.78 is 21.5. The molecule has 122 valence electrons. The number of ether oxygens (including phenoxy) is 4. The van der Waals surface area contributed by atoms with E-state index < -0.39 is 4.92 Å². The molecule has 0 amide bonds. The summed E-state index contributed by atoms with van der Waals surface area (Å²) in [5, 5.41) is 10.8. The third-order valence-corrected chi connectivity index (χ3v) is 3.24. The van der Waals surface area contributed by atoms with Crippen molar-refractivity contribution in [2.45, 2.75) is 6.92 Å². The van der Waals surface area contributed by atoms with Crippen LogP contribution in [0.25, 0.3) is 0 Å². The average molecular weight is 319 g/mol. The highest BCUT2D eigenvalue weighted by Crippen LogP contribution is 2.42. The van der Waals surface area contributed by atoms with Gasteiger partial charge in [-0.15, -0.1) is 0 Å². The van der Waals surface area contributed by atoms with Gasteiger partial charge in [-0.1, -0.05) is 0 Å². The van der Waals surface area contributed by atoms with Gasteiger partial charge >= 0.3 is 0 Å². The van der Waals surface area contributed by atoms with Crippen LogP contribution in [0, 0.1) is 17.0 Å². The molecule has 0 saturated heterocycles. The van der Waals surface area contributed by atoms with Crippen LogP contribution in [0.1, 0.15) is 5.56 Å². The second kappa shape index (κ2) is 6.87. The van der Waals surface area contributed by atoms with E-state index in [2.05, 4.69) is 0 Å². The van der Waals surface area contributed by atoms with Crippen LogP contribution in [0.4, 0.5) is 5.69 Å². The van der Waals surface area contributed by atoms with Gasteiger partial charge in [-0.3, -0.25) is 10.1 Å². The van der Waals surface area contributed by atoms with E-state index in [1.165, 1.54) is 33.5 Å². The van der Waals surface area contributed by atoms with Crippen LogP contribution in [0.5, 0.6) is 28.7 Å². The van der Waals surface area contributed by atoms with E-state index in [1.54, 1.807) is 25.1 Å². The van der Waals surface area contributed by atoms with Crippen molar-refractivity contribution in [3.63, 3.8) is 0 Å². The monoisotopic (exact) mass is 319 g/mol. The quantitative estimate of drug-likeness (QED) is 0.596. The van der Waals surface area contributed by atoms with Crippen molar-refractivity contribution in [1.29, 1.82) is 0 Å². The lowest BCUT2D eigenvalue weighted by molar-refractivity contribution is -0.385. The Labute approximate surface area is 133 Å². The summed E-state index contributed by atoms with van der Waals surface area (Å²) >= 11 is 0. The van der Waals surface area contributed by atoms with Crippen molar-refractivity contribution >= 4 is 5.69 Å². The largest absolute Gasteiger partial charge is 0.493 e. The summed E-state index contributed by atoms with van der Waals surface area (Å²) in [5.74, 6) is 2.32. The van der Waals surface area contributed by atoms with Crippen LogP contribution < -0.4 is 18.9 Å². The minimum absolute atomic E-state index is 0.0437. The highest BCUT2D eigenvalue weighted by Gasteiger charge is 2.15. The lowest BCUT2D eigenvalue weighted by Crippen LogP contribution is -1.96. The number of benzene rings is 2. The molecule has 7 heteroatoms. The van der Waals surface area contributed by atoms with Crippen molar-refractivity contribution in [3.8, 4) is 28.7 Å². The third-order valence-electron chi connectivity index (χ3n) is 3.24. The number of nitro groups is 1. The van der Waals surface area contributed by atoms with Gasteiger partial charge in [0.15, 0.2) is 11.5 Å². The second-order valence-corrected chi connectivity index (χ2v) is 4.67. The maximum absolute atomic E-state index is 10.8. The third kappa shape index (κ3) is 3.45. The molecule has 0 unspecified atom stereocenters. The van der Waals surface area contributed by atoms with Gasteiger partial charge in [0.1, 0.15) is 11.5 Å². The molecule has 0 aliphatic carbocycles. The van der Waals surface area contributed by atoms with Crippen molar-refractivity contribution in [1.82, 2.24) is 0 Å². The Morgan fingerprint density at radius 2 is 1.52 bits per heavy atom. The molecule has 7 nitrogen and oxygen atoms in total. The van der Waals surface area contributed by atoms with Gasteiger partial charge in [-0.2, -0.15) is 0 Å². The second-order valence-electron chi connectivity index (χ2n) is 4.67. The van der Waals surface area contributed by atoms with Crippen molar-refractivity contribution < 1.29 is 23.9 Å². The molecule has 0 aliphatic rings. The number of aryl methyl sites for hydroxylation is 1. The van der Waals surface area contributed by atoms with E-state index in [9.17, 15) is 10.1 Å². The first-order valence-corrected chi connectivity index (χ1v) is 6.73. The van der Waals surface area contributed by atoms with Crippen LogP contribution in [0.3, 0.4) is 0 Å². The van der Waals surface area contributed by atoms with Crippen molar-refractivity contribution in [2.75, 3.05) is 21.3 Å². The van der Waals surface area contributed by atoms with Gasteiger partial charge in [-0.05, 0) is 19.1 Å². The highest BCUT2D eigenvalue weighted by molar-refractivity contribution is 5.57. The van der Waals surface area contributed by atoms with E-state index in [0.29, 0.717) is 34.3 Å². The zero-order chi connectivity index (χ0) is 17.0. The molecule has 0 fully saturated rings. The summed E-state index contributed by atoms with van der Waals surface area (Å²) in [6.45, 7) is 1.65. The van der Waals surface area contributed by atoms with Gasteiger partial charge < -0.3 is 18.9 Å². The molecule has 0 saturated carbocycles.